The summed E-state index contributed by atoms with van der Waals surface area (Å²) in [6.07, 6.45) is 0. The lowest BCUT2D eigenvalue weighted by atomic mass is 10.2. The summed E-state index contributed by atoms with van der Waals surface area (Å²) in [4.78, 5) is 11.7. The lowest BCUT2D eigenvalue weighted by Gasteiger charge is -2.02. The molecule has 22 heavy (non-hydrogen) atoms. The number of nitrogens with two attached hydrogens (primary N) is 1. The first-order valence-corrected chi connectivity index (χ1v) is 7.12. The predicted octanol–water partition coefficient (Wildman–Crippen LogP) is 3.10. The summed E-state index contributed by atoms with van der Waals surface area (Å²) >= 11 is 3.28. The van der Waals surface area contributed by atoms with E-state index in [1.807, 2.05) is 30.3 Å². The van der Waals surface area contributed by atoms with Crippen LogP contribution in [0.1, 0.15) is 5.56 Å². The van der Waals surface area contributed by atoms with Crippen molar-refractivity contribution >= 4 is 32.8 Å². The Hall–Kier alpha value is -2.43. The molecule has 0 spiro atoms. The van der Waals surface area contributed by atoms with Crippen LogP contribution in [0.5, 0.6) is 0 Å². The van der Waals surface area contributed by atoms with E-state index in [-0.39, 0.29) is 0 Å². The highest BCUT2D eigenvalue weighted by atomic mass is 79.9. The minimum Gasteiger partial charge on any atom is -0.388 e. The maximum Gasteiger partial charge on any atom is 0.163 e. The summed E-state index contributed by atoms with van der Waals surface area (Å²) in [6, 6.07) is 11.6. The number of fused-ring (bicyclic) bond motifs is 1. The topological polar surface area (TPSA) is 101 Å². The molecule has 2 heterocycles. The van der Waals surface area contributed by atoms with Crippen LogP contribution < -0.4 is 5.73 Å². The minimum absolute atomic E-state index is 0.294. The lowest BCUT2D eigenvalue weighted by Crippen LogP contribution is -1.97. The van der Waals surface area contributed by atoms with E-state index in [1.165, 1.54) is 0 Å². The summed E-state index contributed by atoms with van der Waals surface area (Å²) in [5, 5.41) is 9.66. The van der Waals surface area contributed by atoms with Crippen molar-refractivity contribution in [2.24, 2.45) is 0 Å². The van der Waals surface area contributed by atoms with Gasteiger partial charge in [-0.2, -0.15) is 5.26 Å². The van der Waals surface area contributed by atoms with E-state index >= 15 is 0 Å². The van der Waals surface area contributed by atoms with E-state index in [2.05, 4.69) is 41.7 Å². The largest absolute Gasteiger partial charge is 0.388 e. The molecule has 0 radical (unpaired) electrons. The maximum absolute atomic E-state index is 9.11. The molecule has 0 unspecified atom stereocenters. The molecule has 0 aliphatic heterocycles. The number of benzene rings is 1. The number of rotatable bonds is 1. The molecule has 2 aromatic heterocycles. The molecule has 0 saturated heterocycles. The van der Waals surface area contributed by atoms with Crippen molar-refractivity contribution in [3.8, 4) is 17.5 Å². The number of ether oxygens (including phenoxy) is 1. The monoisotopic (exact) mass is 359 g/mol. The molecule has 3 aromatic rings. The maximum atomic E-state index is 9.11. The van der Waals surface area contributed by atoms with Gasteiger partial charge in [-0.3, -0.25) is 0 Å². The van der Waals surface area contributed by atoms with Crippen molar-refractivity contribution in [2.75, 3.05) is 20.0 Å². The van der Waals surface area contributed by atoms with Gasteiger partial charge in [0, 0.05) is 19.8 Å². The van der Waals surface area contributed by atoms with Crippen molar-refractivity contribution < 1.29 is 4.74 Å². The molecule has 1 aromatic carbocycles. The fourth-order valence-electron chi connectivity index (χ4n) is 1.91. The second kappa shape index (κ2) is 7.02. The van der Waals surface area contributed by atoms with Gasteiger partial charge in [0.2, 0.25) is 0 Å². The van der Waals surface area contributed by atoms with Crippen LogP contribution in [0, 0.1) is 11.3 Å². The smallest absolute Gasteiger partial charge is 0.163 e. The number of nitrogens with zero attached hydrogens (tertiary/aromatic N) is 3. The number of H-pyrrole nitrogens is 1. The number of hydrogen-bond acceptors (Lipinski definition) is 5. The molecule has 0 aliphatic carbocycles. The van der Waals surface area contributed by atoms with Crippen LogP contribution in [0.25, 0.3) is 22.4 Å². The molecule has 6 nitrogen and oxygen atoms in total. The van der Waals surface area contributed by atoms with Gasteiger partial charge >= 0.3 is 0 Å². The van der Waals surface area contributed by atoms with Gasteiger partial charge in [0.1, 0.15) is 22.1 Å². The summed E-state index contributed by atoms with van der Waals surface area (Å²) in [7, 11) is 3.25. The molecular formula is C15H14BrN5O. The van der Waals surface area contributed by atoms with Crippen LogP contribution in [-0.4, -0.2) is 29.2 Å². The van der Waals surface area contributed by atoms with Gasteiger partial charge in [-0.15, -0.1) is 0 Å². The van der Waals surface area contributed by atoms with Crippen LogP contribution in [0.2, 0.25) is 0 Å². The third-order valence-corrected chi connectivity index (χ3v) is 3.37. The van der Waals surface area contributed by atoms with Crippen molar-refractivity contribution in [3.63, 3.8) is 0 Å². The van der Waals surface area contributed by atoms with Crippen molar-refractivity contribution in [2.45, 2.75) is 0 Å². The molecule has 0 amide bonds. The summed E-state index contributed by atoms with van der Waals surface area (Å²) in [5.41, 5.74) is 7.79. The number of halogens is 1. The average Bonchev–Trinajstić information content (AvgIpc) is 2.84. The van der Waals surface area contributed by atoms with E-state index in [0.717, 1.165) is 5.56 Å². The molecule has 3 rings (SSSR count). The normalized spacial score (nSPS) is 9.91. The lowest BCUT2D eigenvalue weighted by molar-refractivity contribution is 0.277. The second-order valence-corrected chi connectivity index (χ2v) is 5.15. The molecule has 112 valence electrons. The number of anilines is 1. The number of methoxy groups -OCH3 is 1. The molecule has 0 bridgehead atoms. The van der Waals surface area contributed by atoms with Crippen molar-refractivity contribution in [3.05, 3.63) is 40.5 Å². The van der Waals surface area contributed by atoms with E-state index < -0.39 is 0 Å². The Morgan fingerprint density at radius 3 is 2.45 bits per heavy atom. The van der Waals surface area contributed by atoms with Crippen molar-refractivity contribution in [1.29, 1.82) is 5.26 Å². The molecule has 0 saturated carbocycles. The van der Waals surface area contributed by atoms with E-state index in [1.54, 1.807) is 14.2 Å². The Balaban J connectivity index is 0.000000545. The highest BCUT2D eigenvalue weighted by Crippen LogP contribution is 2.30. The van der Waals surface area contributed by atoms with Crippen LogP contribution in [-0.2, 0) is 4.74 Å². The predicted molar refractivity (Wildman–Crippen MR) is 89.1 cm³/mol. The highest BCUT2D eigenvalue weighted by molar-refractivity contribution is 9.10. The van der Waals surface area contributed by atoms with Gasteiger partial charge in [0.15, 0.2) is 5.82 Å². The summed E-state index contributed by atoms with van der Waals surface area (Å²) in [6.45, 7) is 0. The van der Waals surface area contributed by atoms with E-state index in [0.29, 0.717) is 32.8 Å². The molecule has 0 atom stereocenters. The number of aromatic nitrogens is 3. The van der Waals surface area contributed by atoms with Gasteiger partial charge in [-0.05, 0) is 15.9 Å². The third-order valence-electron chi connectivity index (χ3n) is 2.78. The number of nitriles is 1. The van der Waals surface area contributed by atoms with Gasteiger partial charge in [-0.25, -0.2) is 9.97 Å². The molecule has 3 N–H and O–H groups in total. The fourth-order valence-corrected chi connectivity index (χ4v) is 2.39. The molecule has 0 aliphatic rings. The SMILES string of the molecule is COC.N#Cc1c(Br)[nH]c2nc(-c3ccccc3)nc(N)c12. The Morgan fingerprint density at radius 2 is 1.86 bits per heavy atom. The second-order valence-electron chi connectivity index (χ2n) is 4.36. The summed E-state index contributed by atoms with van der Waals surface area (Å²) in [5.74, 6) is 0.825. The molecule has 0 fully saturated rings. The first-order valence-electron chi connectivity index (χ1n) is 6.32. The standard InChI is InChI=1S/C13H8BrN5.C2H6O/c14-10-8(6-15)9-11(16)18-12(19-13(9)17-10)7-4-2-1-3-5-7;1-3-2/h1-5H,(H3,16,17,18,19);1-2H3. The quantitative estimate of drug-likeness (QED) is 0.695. The Bertz CT molecular complexity index is 823. The fraction of sp³-hybridized carbons (Fsp3) is 0.133. The van der Waals surface area contributed by atoms with Crippen LogP contribution in [0.4, 0.5) is 5.82 Å². The van der Waals surface area contributed by atoms with E-state index in [4.69, 9.17) is 11.0 Å². The zero-order valence-electron chi connectivity index (χ0n) is 12.1. The van der Waals surface area contributed by atoms with Gasteiger partial charge < -0.3 is 15.5 Å². The molecule has 7 heteroatoms. The minimum atomic E-state index is 0.294. The Labute approximate surface area is 136 Å². The van der Waals surface area contributed by atoms with Crippen LogP contribution in [0.15, 0.2) is 34.9 Å². The Kier molecular flexibility index (Phi) is 5.09. The number of aromatic amines is 1. The number of nitrogen functional groups attached to an aromatic ring is 1. The first kappa shape index (κ1) is 15.9. The van der Waals surface area contributed by atoms with Crippen LogP contribution in [0.3, 0.4) is 0 Å². The van der Waals surface area contributed by atoms with Gasteiger partial charge in [0.05, 0.1) is 10.9 Å². The zero-order valence-corrected chi connectivity index (χ0v) is 13.7. The summed E-state index contributed by atoms with van der Waals surface area (Å²) < 4.78 is 4.82. The highest BCUT2D eigenvalue weighted by Gasteiger charge is 2.16. The number of hydrogen-bond donors (Lipinski definition) is 2. The first-order chi connectivity index (χ1) is 10.6. The molecular weight excluding hydrogens is 346 g/mol. The van der Waals surface area contributed by atoms with Crippen molar-refractivity contribution in [1.82, 2.24) is 15.0 Å². The zero-order chi connectivity index (χ0) is 16.1. The van der Waals surface area contributed by atoms with Gasteiger partial charge in [0.25, 0.3) is 0 Å². The van der Waals surface area contributed by atoms with Crippen LogP contribution >= 0.6 is 15.9 Å². The Morgan fingerprint density at radius 1 is 1.23 bits per heavy atom. The number of nitrogens with one attached hydrogen (secondary N) is 1. The third kappa shape index (κ3) is 3.08. The van der Waals surface area contributed by atoms with Gasteiger partial charge in [-0.1, -0.05) is 30.3 Å². The van der Waals surface area contributed by atoms with E-state index in [9.17, 15) is 0 Å². The average molecular weight is 360 g/mol.